The molecule has 0 atom stereocenters. The van der Waals surface area contributed by atoms with Gasteiger partial charge in [0.1, 0.15) is 6.26 Å². The second-order valence-corrected chi connectivity index (χ2v) is 7.17. The lowest BCUT2D eigenvalue weighted by atomic mass is 10.4. The first-order valence-corrected chi connectivity index (χ1v) is 8.29. The van der Waals surface area contributed by atoms with Gasteiger partial charge < -0.3 is 14.2 Å². The van der Waals surface area contributed by atoms with Crippen molar-refractivity contribution in [2.75, 3.05) is 31.7 Å². The van der Waals surface area contributed by atoms with Crippen LogP contribution in [0, 0.1) is 0 Å². The minimum atomic E-state index is -3.22. The Kier molecular flexibility index (Phi) is 4.21. The third-order valence-electron chi connectivity index (χ3n) is 2.69. The summed E-state index contributed by atoms with van der Waals surface area (Å²) in [4.78, 5) is 11.7. The third-order valence-corrected chi connectivity index (χ3v) is 4.56. The second kappa shape index (κ2) is 5.58. The van der Waals surface area contributed by atoms with Crippen LogP contribution in [0.4, 0.5) is 5.88 Å². The number of hydrogen-bond acceptors (Lipinski definition) is 6. The highest BCUT2D eigenvalue weighted by atomic mass is 79.9. The number of anilines is 1. The zero-order valence-corrected chi connectivity index (χ0v) is 13.2. The molecule has 0 unspecified atom stereocenters. The zero-order chi connectivity index (χ0) is 14.9. The number of fused-ring (bicyclic) bond motifs is 1. The third kappa shape index (κ3) is 3.22. The van der Waals surface area contributed by atoms with Gasteiger partial charge in [0.15, 0.2) is 11.5 Å². The van der Waals surface area contributed by atoms with Crippen molar-refractivity contribution >= 4 is 43.0 Å². The van der Waals surface area contributed by atoms with E-state index in [1.807, 2.05) is 0 Å². The normalized spacial score (nSPS) is 12.2. The Bertz CT molecular complexity index is 780. The van der Waals surface area contributed by atoms with Gasteiger partial charge in [-0.3, -0.25) is 4.79 Å². The van der Waals surface area contributed by atoms with Gasteiger partial charge >= 0.3 is 0 Å². The fraction of sp³-hybridized carbons (Fsp3) is 0.364. The highest BCUT2D eigenvalue weighted by Crippen LogP contribution is 2.25. The summed E-state index contributed by atoms with van der Waals surface area (Å²) in [6, 6.07) is 1.26. The molecule has 9 heteroatoms. The van der Waals surface area contributed by atoms with Crippen LogP contribution in [-0.4, -0.2) is 39.1 Å². The van der Waals surface area contributed by atoms with Crippen molar-refractivity contribution in [2.45, 2.75) is 0 Å². The first-order valence-electron chi connectivity index (χ1n) is 5.65. The summed E-state index contributed by atoms with van der Waals surface area (Å²) in [5.41, 5.74) is 0.142. The van der Waals surface area contributed by atoms with E-state index in [0.29, 0.717) is 16.6 Å². The van der Waals surface area contributed by atoms with Crippen LogP contribution in [0.3, 0.4) is 0 Å². The molecule has 20 heavy (non-hydrogen) atoms. The summed E-state index contributed by atoms with van der Waals surface area (Å²) in [6.45, 7) is 0.570. The Morgan fingerprint density at radius 2 is 2.10 bits per heavy atom. The topological polar surface area (TPSA) is 92.8 Å². The van der Waals surface area contributed by atoms with Crippen LogP contribution in [0.25, 0.3) is 11.2 Å². The minimum absolute atomic E-state index is 0.135. The lowest BCUT2D eigenvalue weighted by Crippen LogP contribution is -2.30. The Labute approximate surface area is 123 Å². The maximum absolute atomic E-state index is 11.7. The molecule has 1 N–H and O–H groups in total. The van der Waals surface area contributed by atoms with E-state index in [0.717, 1.165) is 6.26 Å². The molecular formula is C11H13BrN2O5S. The molecule has 0 aliphatic carbocycles. The molecule has 0 aromatic carbocycles. The maximum Gasteiger partial charge on any atom is 0.230 e. The van der Waals surface area contributed by atoms with Crippen LogP contribution < -0.4 is 10.7 Å². The molecule has 7 nitrogen and oxygen atoms in total. The van der Waals surface area contributed by atoms with Gasteiger partial charge in [0, 0.05) is 26.2 Å². The van der Waals surface area contributed by atoms with Crippen LogP contribution in [0.15, 0.2) is 30.4 Å². The lowest BCUT2D eigenvalue weighted by Gasteiger charge is -2.14. The van der Waals surface area contributed by atoms with E-state index < -0.39 is 10.0 Å². The van der Waals surface area contributed by atoms with Crippen LogP contribution in [0.1, 0.15) is 0 Å². The number of halogens is 1. The number of likely N-dealkylation sites (N-methyl/N-ethyl adjacent to an activating group) is 1. The Morgan fingerprint density at radius 1 is 1.40 bits per heavy atom. The standard InChI is InChI=1S/C11H13BrN2O5S/c1-14(20(2,16)17)4-3-13-9-5-8(15)11-10(19-9)7(12)6-18-11/h5-6,13H,3-4H2,1-2H3. The monoisotopic (exact) mass is 364 g/mol. The van der Waals surface area contributed by atoms with Crippen molar-refractivity contribution in [2.24, 2.45) is 0 Å². The molecule has 110 valence electrons. The van der Waals surface area contributed by atoms with Gasteiger partial charge in [-0.15, -0.1) is 0 Å². The van der Waals surface area contributed by atoms with Gasteiger partial charge in [0.25, 0.3) is 0 Å². The molecule has 2 aromatic heterocycles. The molecule has 2 aromatic rings. The fourth-order valence-corrected chi connectivity index (χ4v) is 2.28. The van der Waals surface area contributed by atoms with Crippen LogP contribution in [0.5, 0.6) is 0 Å². The molecule has 0 saturated carbocycles. The average molecular weight is 365 g/mol. The Balaban J connectivity index is 2.11. The number of hydrogen-bond donors (Lipinski definition) is 1. The predicted molar refractivity (Wildman–Crippen MR) is 78.4 cm³/mol. The van der Waals surface area contributed by atoms with Crippen molar-refractivity contribution < 1.29 is 17.3 Å². The van der Waals surface area contributed by atoms with Gasteiger partial charge in [-0.2, -0.15) is 0 Å². The van der Waals surface area contributed by atoms with Crippen molar-refractivity contribution in [1.29, 1.82) is 0 Å². The van der Waals surface area contributed by atoms with Gasteiger partial charge in [-0.25, -0.2) is 12.7 Å². The summed E-state index contributed by atoms with van der Waals surface area (Å²) in [6.07, 6.45) is 2.50. The molecule has 0 amide bonds. The number of nitrogens with one attached hydrogen (secondary N) is 1. The molecule has 0 spiro atoms. The average Bonchev–Trinajstić information content (AvgIpc) is 2.70. The molecule has 0 fully saturated rings. The van der Waals surface area contributed by atoms with Crippen LogP contribution in [-0.2, 0) is 10.0 Å². The van der Waals surface area contributed by atoms with E-state index in [4.69, 9.17) is 8.83 Å². The highest BCUT2D eigenvalue weighted by molar-refractivity contribution is 9.10. The van der Waals surface area contributed by atoms with Gasteiger partial charge in [0.2, 0.25) is 21.0 Å². The van der Waals surface area contributed by atoms with Gasteiger partial charge in [0.05, 0.1) is 10.7 Å². The Hall–Kier alpha value is -1.32. The van der Waals surface area contributed by atoms with E-state index in [2.05, 4.69) is 21.2 Å². The predicted octanol–water partition coefficient (Wildman–Crippen LogP) is 1.45. The molecule has 2 rings (SSSR count). The lowest BCUT2D eigenvalue weighted by molar-refractivity contribution is 0.483. The number of rotatable bonds is 5. The van der Waals surface area contributed by atoms with E-state index in [9.17, 15) is 13.2 Å². The van der Waals surface area contributed by atoms with Crippen molar-refractivity contribution in [1.82, 2.24) is 4.31 Å². The molecule has 0 radical (unpaired) electrons. The molecular weight excluding hydrogens is 352 g/mol. The quantitative estimate of drug-likeness (QED) is 0.862. The molecule has 0 aliphatic heterocycles. The molecule has 0 bridgehead atoms. The smallest absolute Gasteiger partial charge is 0.230 e. The van der Waals surface area contributed by atoms with Gasteiger partial charge in [-0.1, -0.05) is 0 Å². The largest absolute Gasteiger partial charge is 0.456 e. The van der Waals surface area contributed by atoms with Crippen LogP contribution >= 0.6 is 15.9 Å². The summed E-state index contributed by atoms with van der Waals surface area (Å²) in [5, 5.41) is 2.86. The number of furan rings is 1. The SMILES string of the molecule is CN(CCNc1cc(=O)c2occ(Br)c2o1)S(C)(=O)=O. The highest BCUT2D eigenvalue weighted by Gasteiger charge is 2.13. The van der Waals surface area contributed by atoms with Gasteiger partial charge in [-0.05, 0) is 15.9 Å². The maximum atomic E-state index is 11.7. The summed E-state index contributed by atoms with van der Waals surface area (Å²) in [5.74, 6) is 0.256. The zero-order valence-electron chi connectivity index (χ0n) is 10.8. The molecule has 2 heterocycles. The first kappa shape index (κ1) is 15.1. The summed E-state index contributed by atoms with van der Waals surface area (Å²) in [7, 11) is -1.74. The molecule has 0 saturated heterocycles. The summed E-state index contributed by atoms with van der Waals surface area (Å²) < 4.78 is 34.7. The second-order valence-electron chi connectivity index (χ2n) is 4.23. The molecule has 0 aliphatic rings. The first-order chi connectivity index (χ1) is 9.29. The number of nitrogens with zero attached hydrogens (tertiary/aromatic N) is 1. The van der Waals surface area contributed by atoms with Crippen molar-refractivity contribution in [3.8, 4) is 0 Å². The fourth-order valence-electron chi connectivity index (χ4n) is 1.50. The van der Waals surface area contributed by atoms with E-state index >= 15 is 0 Å². The van der Waals surface area contributed by atoms with E-state index in [1.165, 1.54) is 23.7 Å². The van der Waals surface area contributed by atoms with E-state index in [-0.39, 0.29) is 23.4 Å². The minimum Gasteiger partial charge on any atom is -0.456 e. The van der Waals surface area contributed by atoms with Crippen molar-refractivity contribution in [3.05, 3.63) is 27.0 Å². The van der Waals surface area contributed by atoms with Crippen LogP contribution in [0.2, 0.25) is 0 Å². The van der Waals surface area contributed by atoms with E-state index in [1.54, 1.807) is 0 Å². The summed E-state index contributed by atoms with van der Waals surface area (Å²) >= 11 is 3.21. The number of sulfonamides is 1. The van der Waals surface area contributed by atoms with Crippen molar-refractivity contribution in [3.63, 3.8) is 0 Å². The Morgan fingerprint density at radius 3 is 2.75 bits per heavy atom.